The van der Waals surface area contributed by atoms with Crippen LogP contribution < -0.4 is 11.1 Å². The highest BCUT2D eigenvalue weighted by atomic mass is 127. The third-order valence-corrected chi connectivity index (χ3v) is 3.79. The number of halogens is 1. The van der Waals surface area contributed by atoms with Gasteiger partial charge in [-0.05, 0) is 49.5 Å². The van der Waals surface area contributed by atoms with E-state index in [4.69, 9.17) is 5.73 Å². The molecule has 0 heterocycles. The fourth-order valence-electron chi connectivity index (χ4n) is 2.52. The molecule has 1 aromatic carbocycles. The minimum absolute atomic E-state index is 0. The van der Waals surface area contributed by atoms with E-state index in [9.17, 15) is 0 Å². The zero-order valence-electron chi connectivity index (χ0n) is 15.4. The second-order valence-corrected chi connectivity index (χ2v) is 7.16. The minimum Gasteiger partial charge on any atom is -0.370 e. The Kier molecular flexibility index (Phi) is 9.77. The number of nitrogens with two attached hydrogens (primary N) is 1. The van der Waals surface area contributed by atoms with E-state index in [-0.39, 0.29) is 29.4 Å². The van der Waals surface area contributed by atoms with E-state index in [0.717, 1.165) is 18.7 Å². The van der Waals surface area contributed by atoms with Gasteiger partial charge in [0.25, 0.3) is 0 Å². The normalized spacial score (nSPS) is 13.6. The second kappa shape index (κ2) is 10.1. The molecule has 0 aliphatic rings. The number of rotatable bonds is 7. The Balaban J connectivity index is 0.00000484. The molecule has 4 nitrogen and oxygen atoms in total. The molecule has 1 aromatic rings. The number of hydrogen-bond acceptors (Lipinski definition) is 2. The number of benzene rings is 1. The average molecular weight is 432 g/mol. The molecule has 0 fully saturated rings. The van der Waals surface area contributed by atoms with Crippen molar-refractivity contribution in [2.45, 2.75) is 40.0 Å². The molecule has 0 aromatic heterocycles. The van der Waals surface area contributed by atoms with Crippen molar-refractivity contribution in [1.29, 1.82) is 0 Å². The molecule has 5 heteroatoms. The molecule has 3 N–H and O–H groups in total. The third kappa shape index (κ3) is 8.55. The van der Waals surface area contributed by atoms with Gasteiger partial charge in [-0.3, -0.25) is 4.99 Å². The van der Waals surface area contributed by atoms with Gasteiger partial charge in [-0.1, -0.05) is 39.8 Å². The number of nitrogens with zero attached hydrogens (tertiary/aromatic N) is 2. The van der Waals surface area contributed by atoms with Gasteiger partial charge in [-0.2, -0.15) is 0 Å². The summed E-state index contributed by atoms with van der Waals surface area (Å²) in [5.74, 6) is 1.06. The first-order valence-electron chi connectivity index (χ1n) is 8.05. The number of hydrogen-bond donors (Lipinski definition) is 2. The first-order chi connectivity index (χ1) is 10.2. The molecule has 1 rings (SSSR count). The van der Waals surface area contributed by atoms with Crippen molar-refractivity contribution in [2.75, 3.05) is 32.5 Å². The lowest BCUT2D eigenvalue weighted by molar-refractivity contribution is 0.249. The lowest BCUT2D eigenvalue weighted by atomic mass is 9.93. The molecular weight excluding hydrogens is 399 g/mol. The standard InChI is InChI=1S/C18H32N4.HI/c1-7-14(2)15-8-10-16(11-9-15)21-17(19)20-12-18(3,4)13-22(5)6;/h8-11,14H,7,12-13H2,1-6H3,(H3,19,20,21);1H. The van der Waals surface area contributed by atoms with Gasteiger partial charge in [0.15, 0.2) is 5.96 Å². The molecule has 0 saturated carbocycles. The smallest absolute Gasteiger partial charge is 0.193 e. The van der Waals surface area contributed by atoms with Crippen LogP contribution in [0.3, 0.4) is 0 Å². The van der Waals surface area contributed by atoms with Crippen LogP contribution in [-0.2, 0) is 0 Å². The van der Waals surface area contributed by atoms with Gasteiger partial charge in [0.2, 0.25) is 0 Å². The molecule has 1 atom stereocenters. The summed E-state index contributed by atoms with van der Waals surface area (Å²) in [6.45, 7) is 10.5. The largest absolute Gasteiger partial charge is 0.370 e. The Morgan fingerprint density at radius 1 is 1.26 bits per heavy atom. The maximum absolute atomic E-state index is 5.99. The van der Waals surface area contributed by atoms with Crippen LogP contribution >= 0.6 is 24.0 Å². The molecule has 0 spiro atoms. The van der Waals surface area contributed by atoms with E-state index < -0.39 is 0 Å². The van der Waals surface area contributed by atoms with E-state index in [1.807, 2.05) is 0 Å². The molecule has 1 unspecified atom stereocenters. The Morgan fingerprint density at radius 3 is 2.30 bits per heavy atom. The van der Waals surface area contributed by atoms with Crippen LogP contribution in [0.15, 0.2) is 29.3 Å². The van der Waals surface area contributed by atoms with Crippen molar-refractivity contribution in [1.82, 2.24) is 4.90 Å². The molecule has 0 aliphatic carbocycles. The summed E-state index contributed by atoms with van der Waals surface area (Å²) in [7, 11) is 4.15. The molecule has 23 heavy (non-hydrogen) atoms. The zero-order valence-corrected chi connectivity index (χ0v) is 17.7. The van der Waals surface area contributed by atoms with Gasteiger partial charge in [-0.25, -0.2) is 0 Å². The summed E-state index contributed by atoms with van der Waals surface area (Å²) in [6, 6.07) is 8.43. The van der Waals surface area contributed by atoms with Gasteiger partial charge in [-0.15, -0.1) is 24.0 Å². The molecule has 0 saturated heterocycles. The zero-order chi connectivity index (χ0) is 16.8. The maximum atomic E-state index is 5.99. The van der Waals surface area contributed by atoms with Crippen molar-refractivity contribution in [3.63, 3.8) is 0 Å². The van der Waals surface area contributed by atoms with Crippen LogP contribution in [0.2, 0.25) is 0 Å². The van der Waals surface area contributed by atoms with Gasteiger partial charge in [0.05, 0.1) is 0 Å². The first-order valence-corrected chi connectivity index (χ1v) is 8.05. The van der Waals surface area contributed by atoms with Gasteiger partial charge >= 0.3 is 0 Å². The molecule has 0 aliphatic heterocycles. The highest BCUT2D eigenvalue weighted by Crippen LogP contribution is 2.20. The second-order valence-electron chi connectivity index (χ2n) is 7.16. The summed E-state index contributed by atoms with van der Waals surface area (Å²) in [6.07, 6.45) is 1.15. The molecule has 0 amide bonds. The van der Waals surface area contributed by atoms with Crippen molar-refractivity contribution in [3.05, 3.63) is 29.8 Å². The molecule has 0 radical (unpaired) electrons. The molecule has 132 valence electrons. The average Bonchev–Trinajstić information content (AvgIpc) is 2.44. The number of aliphatic imine (C=N–C) groups is 1. The SMILES string of the molecule is CCC(C)c1ccc(NC(N)=NCC(C)(C)CN(C)C)cc1.I. The van der Waals surface area contributed by atoms with Crippen LogP contribution in [0.5, 0.6) is 0 Å². The highest BCUT2D eigenvalue weighted by Gasteiger charge is 2.18. The predicted molar refractivity (Wildman–Crippen MR) is 113 cm³/mol. The summed E-state index contributed by atoms with van der Waals surface area (Å²) >= 11 is 0. The first kappa shape index (κ1) is 22.2. The van der Waals surface area contributed by atoms with Crippen molar-refractivity contribution in [2.24, 2.45) is 16.1 Å². The maximum Gasteiger partial charge on any atom is 0.193 e. The van der Waals surface area contributed by atoms with Crippen LogP contribution in [0.1, 0.15) is 45.6 Å². The summed E-state index contributed by atoms with van der Waals surface area (Å²) in [5, 5.41) is 3.17. The van der Waals surface area contributed by atoms with Crippen molar-refractivity contribution in [3.8, 4) is 0 Å². The van der Waals surface area contributed by atoms with E-state index >= 15 is 0 Å². The Bertz CT molecular complexity index is 480. The topological polar surface area (TPSA) is 53.6 Å². The van der Waals surface area contributed by atoms with Crippen LogP contribution in [0, 0.1) is 5.41 Å². The minimum atomic E-state index is 0. The fraction of sp³-hybridized carbons (Fsp3) is 0.611. The summed E-state index contributed by atoms with van der Waals surface area (Å²) < 4.78 is 0. The van der Waals surface area contributed by atoms with Crippen LogP contribution in [0.25, 0.3) is 0 Å². The van der Waals surface area contributed by atoms with Gasteiger partial charge in [0, 0.05) is 18.8 Å². The molecule has 0 bridgehead atoms. The number of nitrogens with one attached hydrogen (secondary N) is 1. The van der Waals surface area contributed by atoms with Crippen molar-refractivity contribution < 1.29 is 0 Å². The quantitative estimate of drug-likeness (QED) is 0.387. The van der Waals surface area contributed by atoms with E-state index in [1.165, 1.54) is 5.56 Å². The lowest BCUT2D eigenvalue weighted by Crippen LogP contribution is -2.32. The molecular formula is C18H33IN4. The lowest BCUT2D eigenvalue weighted by Gasteiger charge is -2.26. The Hall–Kier alpha value is -0.820. The Morgan fingerprint density at radius 2 is 1.83 bits per heavy atom. The van der Waals surface area contributed by atoms with Crippen LogP contribution in [0.4, 0.5) is 5.69 Å². The number of anilines is 1. The fourth-order valence-corrected chi connectivity index (χ4v) is 2.52. The van der Waals surface area contributed by atoms with Gasteiger partial charge < -0.3 is 16.0 Å². The monoisotopic (exact) mass is 432 g/mol. The Labute approximate surface area is 158 Å². The summed E-state index contributed by atoms with van der Waals surface area (Å²) in [4.78, 5) is 6.65. The predicted octanol–water partition coefficient (Wildman–Crippen LogP) is 4.13. The third-order valence-electron chi connectivity index (χ3n) is 3.79. The number of guanidine groups is 1. The van der Waals surface area contributed by atoms with Gasteiger partial charge in [0.1, 0.15) is 0 Å². The van der Waals surface area contributed by atoms with E-state index in [1.54, 1.807) is 0 Å². The van der Waals surface area contributed by atoms with E-state index in [0.29, 0.717) is 18.4 Å². The van der Waals surface area contributed by atoms with Crippen molar-refractivity contribution >= 4 is 35.6 Å². The highest BCUT2D eigenvalue weighted by molar-refractivity contribution is 14.0. The summed E-state index contributed by atoms with van der Waals surface area (Å²) in [5.41, 5.74) is 8.44. The van der Waals surface area contributed by atoms with Crippen LogP contribution in [-0.4, -0.2) is 38.0 Å². The van der Waals surface area contributed by atoms with E-state index in [2.05, 4.69) is 81.3 Å².